The first-order chi connectivity index (χ1) is 11.7. The van der Waals surface area contributed by atoms with Crippen LogP contribution in [0.5, 0.6) is 0 Å². The molecular weight excluding hydrogens is 302 g/mol. The highest BCUT2D eigenvalue weighted by atomic mass is 16.5. The van der Waals surface area contributed by atoms with Gasteiger partial charge < -0.3 is 10.1 Å². The number of aromatic nitrogens is 2. The summed E-state index contributed by atoms with van der Waals surface area (Å²) in [4.78, 5) is 12.7. The molecule has 1 saturated heterocycles. The van der Waals surface area contributed by atoms with Crippen molar-refractivity contribution in [2.24, 2.45) is 0 Å². The molecule has 128 valence electrons. The van der Waals surface area contributed by atoms with E-state index in [4.69, 9.17) is 4.74 Å². The Hall–Kier alpha value is -2.14. The molecule has 3 rings (SSSR count). The SMILES string of the molecule is CC[C@H](C(=O)NCC1(c2ccccc2)CCOCC1)n1cccn1. The maximum atomic E-state index is 12.7. The standard InChI is InChI=1S/C19H25N3O2/c1-2-17(22-12-6-11-21-22)18(23)20-15-19(9-13-24-14-10-19)16-7-4-3-5-8-16/h3-8,11-12,17H,2,9-10,13-15H2,1H3,(H,20,23)/t17-/m1/s1. The molecule has 0 spiro atoms. The van der Waals surface area contributed by atoms with E-state index in [9.17, 15) is 4.79 Å². The van der Waals surface area contributed by atoms with Crippen LogP contribution in [0.1, 0.15) is 37.8 Å². The zero-order chi connectivity index (χ0) is 16.8. The number of nitrogens with one attached hydrogen (secondary N) is 1. The Morgan fingerprint density at radius 3 is 2.67 bits per heavy atom. The van der Waals surface area contributed by atoms with E-state index in [1.165, 1.54) is 5.56 Å². The van der Waals surface area contributed by atoms with Crippen molar-refractivity contribution in [3.63, 3.8) is 0 Å². The minimum atomic E-state index is -0.257. The molecule has 2 aromatic rings. The summed E-state index contributed by atoms with van der Waals surface area (Å²) in [6.07, 6.45) is 6.12. The van der Waals surface area contributed by atoms with E-state index in [0.717, 1.165) is 32.5 Å². The van der Waals surface area contributed by atoms with Gasteiger partial charge >= 0.3 is 0 Å². The minimum absolute atomic E-state index is 0.0306. The number of amides is 1. The maximum Gasteiger partial charge on any atom is 0.244 e. The van der Waals surface area contributed by atoms with E-state index < -0.39 is 0 Å². The van der Waals surface area contributed by atoms with Crippen LogP contribution in [0.15, 0.2) is 48.8 Å². The van der Waals surface area contributed by atoms with Crippen LogP contribution in [0, 0.1) is 0 Å². The molecule has 1 atom stereocenters. The second-order valence-corrected chi connectivity index (χ2v) is 6.39. The summed E-state index contributed by atoms with van der Waals surface area (Å²) in [6.45, 7) is 4.12. The molecule has 1 N–H and O–H groups in total. The number of hydrogen-bond acceptors (Lipinski definition) is 3. The maximum absolute atomic E-state index is 12.7. The van der Waals surface area contributed by atoms with Crippen LogP contribution in [0.3, 0.4) is 0 Å². The lowest BCUT2D eigenvalue weighted by Crippen LogP contribution is -2.46. The van der Waals surface area contributed by atoms with Crippen LogP contribution in [0.4, 0.5) is 0 Å². The van der Waals surface area contributed by atoms with E-state index >= 15 is 0 Å². The second-order valence-electron chi connectivity index (χ2n) is 6.39. The van der Waals surface area contributed by atoms with Crippen molar-refractivity contribution in [1.29, 1.82) is 0 Å². The Labute approximate surface area is 143 Å². The Kier molecular flexibility index (Phi) is 5.30. The summed E-state index contributed by atoms with van der Waals surface area (Å²) < 4.78 is 7.28. The van der Waals surface area contributed by atoms with Gasteiger partial charge in [0.05, 0.1) is 0 Å². The Bertz CT molecular complexity index is 634. The van der Waals surface area contributed by atoms with E-state index in [-0.39, 0.29) is 17.4 Å². The van der Waals surface area contributed by atoms with Gasteiger partial charge in [-0.25, -0.2) is 0 Å². The van der Waals surface area contributed by atoms with E-state index in [1.807, 2.05) is 25.3 Å². The predicted molar refractivity (Wildman–Crippen MR) is 92.7 cm³/mol. The van der Waals surface area contributed by atoms with Crippen molar-refractivity contribution < 1.29 is 9.53 Å². The Morgan fingerprint density at radius 1 is 1.29 bits per heavy atom. The molecule has 1 aliphatic heterocycles. The molecule has 1 aliphatic rings. The molecule has 1 amide bonds. The number of hydrogen-bond donors (Lipinski definition) is 1. The van der Waals surface area contributed by atoms with Gasteiger partial charge in [0.1, 0.15) is 6.04 Å². The van der Waals surface area contributed by atoms with Gasteiger partial charge in [0.2, 0.25) is 5.91 Å². The van der Waals surface area contributed by atoms with Gasteiger partial charge in [0.25, 0.3) is 0 Å². The summed E-state index contributed by atoms with van der Waals surface area (Å²) in [5.41, 5.74) is 1.23. The van der Waals surface area contributed by atoms with Crippen molar-refractivity contribution in [2.75, 3.05) is 19.8 Å². The van der Waals surface area contributed by atoms with Crippen LogP contribution < -0.4 is 5.32 Å². The lowest BCUT2D eigenvalue weighted by molar-refractivity contribution is -0.125. The van der Waals surface area contributed by atoms with Crippen LogP contribution in [-0.2, 0) is 14.9 Å². The summed E-state index contributed by atoms with van der Waals surface area (Å²) >= 11 is 0. The Balaban J connectivity index is 1.73. The van der Waals surface area contributed by atoms with Crippen LogP contribution in [0.2, 0.25) is 0 Å². The highest BCUT2D eigenvalue weighted by Gasteiger charge is 2.35. The molecule has 0 unspecified atom stereocenters. The van der Waals surface area contributed by atoms with Gasteiger partial charge in [-0.15, -0.1) is 0 Å². The molecule has 1 fully saturated rings. The summed E-state index contributed by atoms with van der Waals surface area (Å²) in [7, 11) is 0. The van der Waals surface area contributed by atoms with E-state index in [2.05, 4.69) is 34.7 Å². The van der Waals surface area contributed by atoms with Crippen molar-refractivity contribution in [1.82, 2.24) is 15.1 Å². The van der Waals surface area contributed by atoms with Crippen molar-refractivity contribution in [2.45, 2.75) is 37.6 Å². The first-order valence-electron chi connectivity index (χ1n) is 8.65. The van der Waals surface area contributed by atoms with Crippen molar-refractivity contribution in [3.05, 3.63) is 54.4 Å². The van der Waals surface area contributed by atoms with Crippen LogP contribution >= 0.6 is 0 Å². The molecule has 2 heterocycles. The second kappa shape index (κ2) is 7.62. The zero-order valence-electron chi connectivity index (χ0n) is 14.1. The quantitative estimate of drug-likeness (QED) is 0.887. The molecule has 0 aliphatic carbocycles. The minimum Gasteiger partial charge on any atom is -0.381 e. The number of benzene rings is 1. The molecule has 5 nitrogen and oxygen atoms in total. The fourth-order valence-corrected chi connectivity index (χ4v) is 3.45. The third kappa shape index (κ3) is 3.51. The predicted octanol–water partition coefficient (Wildman–Crippen LogP) is 2.70. The summed E-state index contributed by atoms with van der Waals surface area (Å²) in [5, 5.41) is 7.39. The summed E-state index contributed by atoms with van der Waals surface area (Å²) in [5.74, 6) is 0.0306. The molecule has 5 heteroatoms. The number of carbonyl (C=O) groups excluding carboxylic acids is 1. The van der Waals surface area contributed by atoms with E-state index in [0.29, 0.717) is 6.54 Å². The molecule has 1 aromatic carbocycles. The molecular formula is C19H25N3O2. The van der Waals surface area contributed by atoms with E-state index in [1.54, 1.807) is 10.9 Å². The molecule has 1 aromatic heterocycles. The fourth-order valence-electron chi connectivity index (χ4n) is 3.45. The molecule has 0 radical (unpaired) electrons. The van der Waals surface area contributed by atoms with Gasteiger partial charge in [-0.05, 0) is 30.9 Å². The van der Waals surface area contributed by atoms with Crippen molar-refractivity contribution in [3.8, 4) is 0 Å². The van der Waals surface area contributed by atoms with Gasteiger partial charge in [-0.1, -0.05) is 37.3 Å². The molecule has 0 bridgehead atoms. The number of carbonyl (C=O) groups is 1. The molecule has 0 saturated carbocycles. The largest absolute Gasteiger partial charge is 0.381 e. The van der Waals surface area contributed by atoms with Crippen LogP contribution in [-0.4, -0.2) is 35.4 Å². The first-order valence-corrected chi connectivity index (χ1v) is 8.65. The number of nitrogens with zero attached hydrogens (tertiary/aromatic N) is 2. The smallest absolute Gasteiger partial charge is 0.244 e. The third-order valence-corrected chi connectivity index (χ3v) is 4.97. The highest BCUT2D eigenvalue weighted by molar-refractivity contribution is 5.80. The fraction of sp³-hybridized carbons (Fsp3) is 0.474. The molecule has 24 heavy (non-hydrogen) atoms. The number of ether oxygens (including phenoxy) is 1. The normalized spacial score (nSPS) is 18.0. The average Bonchev–Trinajstić information content (AvgIpc) is 3.16. The lowest BCUT2D eigenvalue weighted by Gasteiger charge is -2.38. The average molecular weight is 327 g/mol. The van der Waals surface area contributed by atoms with Gasteiger partial charge in [-0.3, -0.25) is 9.48 Å². The zero-order valence-corrected chi connectivity index (χ0v) is 14.1. The number of rotatable bonds is 6. The lowest BCUT2D eigenvalue weighted by atomic mass is 9.74. The third-order valence-electron chi connectivity index (χ3n) is 4.97. The highest BCUT2D eigenvalue weighted by Crippen LogP contribution is 2.34. The van der Waals surface area contributed by atoms with Gasteiger partial charge in [0.15, 0.2) is 0 Å². The Morgan fingerprint density at radius 2 is 2.04 bits per heavy atom. The van der Waals surface area contributed by atoms with Crippen LogP contribution in [0.25, 0.3) is 0 Å². The summed E-state index contributed by atoms with van der Waals surface area (Å²) in [6, 6.07) is 12.1. The van der Waals surface area contributed by atoms with Gasteiger partial charge in [0, 0.05) is 37.6 Å². The van der Waals surface area contributed by atoms with Crippen molar-refractivity contribution >= 4 is 5.91 Å². The topological polar surface area (TPSA) is 56.1 Å². The monoisotopic (exact) mass is 327 g/mol. The first kappa shape index (κ1) is 16.7. The van der Waals surface area contributed by atoms with Gasteiger partial charge in [-0.2, -0.15) is 5.10 Å².